The fraction of sp³-hybridized carbons (Fsp3) is 0.158. The number of aryl methyl sites for hydroxylation is 4. The third-order valence-corrected chi connectivity index (χ3v) is 18.6. The van der Waals surface area contributed by atoms with Crippen LogP contribution in [0.5, 0.6) is 0 Å². The van der Waals surface area contributed by atoms with E-state index >= 15 is 0 Å². The Hall–Kier alpha value is -9.82. The second-order valence-corrected chi connectivity index (χ2v) is 26.9. The van der Waals surface area contributed by atoms with E-state index in [2.05, 4.69) is 157 Å². The van der Waals surface area contributed by atoms with E-state index in [1.54, 1.807) is 57.9 Å². The fourth-order valence-electron chi connectivity index (χ4n) is 11.3. The van der Waals surface area contributed by atoms with Crippen molar-refractivity contribution in [3.63, 3.8) is 0 Å². The maximum absolute atomic E-state index is 9.33. The van der Waals surface area contributed by atoms with Crippen LogP contribution < -0.4 is 10.9 Å². The van der Waals surface area contributed by atoms with E-state index in [1.807, 2.05) is 92.5 Å². The smallest absolute Gasteiger partial charge is 0.225 e. The van der Waals surface area contributed by atoms with Gasteiger partial charge in [0.2, 0.25) is 5.82 Å². The van der Waals surface area contributed by atoms with E-state index in [0.29, 0.717) is 76.3 Å². The van der Waals surface area contributed by atoms with Gasteiger partial charge in [0.05, 0.1) is 65.6 Å². The predicted octanol–water partition coefficient (Wildman–Crippen LogP) is 21.2. The molecule has 0 bridgehead atoms. The molecule has 0 saturated carbocycles. The number of hydrogen-bond acceptors (Lipinski definition) is 14. The molecule has 2 aliphatic rings. The van der Waals surface area contributed by atoms with Gasteiger partial charge in [0.1, 0.15) is 42.1 Å². The van der Waals surface area contributed by atoms with Gasteiger partial charge in [0.15, 0.2) is 11.5 Å². The Morgan fingerprint density at radius 3 is 1.10 bits per heavy atom. The number of amidine groups is 1. The van der Waals surface area contributed by atoms with E-state index in [4.69, 9.17) is 108 Å². The van der Waals surface area contributed by atoms with Gasteiger partial charge >= 0.3 is 0 Å². The second-order valence-electron chi connectivity index (χ2n) is 23.5. The van der Waals surface area contributed by atoms with Crippen molar-refractivity contribution in [1.82, 2.24) is 70.6 Å². The summed E-state index contributed by atoms with van der Waals surface area (Å²) in [7, 11) is 0. The summed E-state index contributed by atoms with van der Waals surface area (Å²) >= 11 is 49.8. The third-order valence-electron chi connectivity index (χ3n) is 16.5. The van der Waals surface area contributed by atoms with Crippen molar-refractivity contribution >= 4 is 104 Å². The molecular weight excluding hydrogens is 1460 g/mol. The van der Waals surface area contributed by atoms with E-state index in [0.717, 1.165) is 107 Å². The normalized spacial score (nSPS) is 12.0. The van der Waals surface area contributed by atoms with Crippen molar-refractivity contribution in [1.29, 1.82) is 5.26 Å². The van der Waals surface area contributed by atoms with Crippen molar-refractivity contribution in [2.45, 2.75) is 70.2 Å². The molecule has 522 valence electrons. The van der Waals surface area contributed by atoms with Gasteiger partial charge in [-0.15, -0.1) is 15.3 Å². The zero-order valence-electron chi connectivity index (χ0n) is 55.3. The van der Waals surface area contributed by atoms with Crippen LogP contribution in [0.3, 0.4) is 0 Å². The highest BCUT2D eigenvalue weighted by atomic mass is 35.5. The predicted molar refractivity (Wildman–Crippen MR) is 419 cm³/mol. The zero-order chi connectivity index (χ0) is 71.3. The Morgan fingerprint density at radius 1 is 0.417 bits per heavy atom. The van der Waals surface area contributed by atoms with Gasteiger partial charge in [-0.3, -0.25) is 0 Å². The SMILES string of the molecule is C.C.Cc1ccc(-c2c(C)c(-c3nn[nH]n3)nn2-c2ccc(Cl)cc2Cl)cc1.Cc1ccc(-c2c(C)c(C#N)nn2-c2ccc(Cl)cc2Cl)cc1.Cc1ccc(-c2c(C)c(C3=NCNN3)nn2-c2ccc(Cl)cc2Cl)cc1.Cc1ccc(-c2c(C)c(C3=NN=NC3)nn2-c2ccc(Cl)cc2Cl)cc1. The summed E-state index contributed by atoms with van der Waals surface area (Å²) < 4.78 is 7.20. The summed E-state index contributed by atoms with van der Waals surface area (Å²) in [6.45, 7) is 17.1. The molecule has 7 heterocycles. The number of aliphatic imine (C=N–C) groups is 1. The number of aromatic amines is 1. The molecule has 19 nitrogen and oxygen atoms in total. The number of H-pyrrole nitrogens is 1. The van der Waals surface area contributed by atoms with Crippen LogP contribution in [-0.2, 0) is 0 Å². The molecule has 2 aliphatic heterocycles. The lowest BCUT2D eigenvalue weighted by molar-refractivity contribution is 0.726. The van der Waals surface area contributed by atoms with Crippen LogP contribution in [0.25, 0.3) is 79.3 Å². The highest BCUT2D eigenvalue weighted by Crippen LogP contribution is 2.39. The van der Waals surface area contributed by atoms with Crippen molar-refractivity contribution in [2.24, 2.45) is 20.4 Å². The molecule has 0 unspecified atom stereocenters. The summed E-state index contributed by atoms with van der Waals surface area (Å²) in [6, 6.07) is 56.4. The highest BCUT2D eigenvalue weighted by Gasteiger charge is 2.27. The molecule has 3 N–H and O–H groups in total. The lowest BCUT2D eigenvalue weighted by Crippen LogP contribution is -2.30. The molecule has 27 heteroatoms. The number of nitrogens with one attached hydrogen (secondary N) is 3. The maximum Gasteiger partial charge on any atom is 0.225 e. The van der Waals surface area contributed by atoms with Gasteiger partial charge in [-0.1, -0.05) is 227 Å². The zero-order valence-corrected chi connectivity index (χ0v) is 61.3. The van der Waals surface area contributed by atoms with Crippen molar-refractivity contribution < 1.29 is 0 Å². The van der Waals surface area contributed by atoms with Gasteiger partial charge in [-0.25, -0.2) is 29.1 Å². The Morgan fingerprint density at radius 2 is 0.767 bits per heavy atom. The number of aromatic nitrogens is 12. The molecule has 0 amide bonds. The number of benzene rings is 8. The number of nitriles is 1. The Bertz CT molecular complexity index is 5230. The summed E-state index contributed by atoms with van der Waals surface area (Å²) in [4.78, 5) is 4.42. The van der Waals surface area contributed by atoms with Crippen LogP contribution in [0.15, 0.2) is 190 Å². The Balaban J connectivity index is 0.000000147. The number of hydrogen-bond donors (Lipinski definition) is 3. The largest absolute Gasteiger partial charge is 0.302 e. The topological polar surface area (TPSA) is 223 Å². The van der Waals surface area contributed by atoms with E-state index in [-0.39, 0.29) is 14.9 Å². The van der Waals surface area contributed by atoms with E-state index in [1.165, 1.54) is 22.3 Å². The summed E-state index contributed by atoms with van der Waals surface area (Å²) in [6.07, 6.45) is 0. The molecule has 0 saturated heterocycles. The number of rotatable bonds is 11. The van der Waals surface area contributed by atoms with Gasteiger partial charge in [-0.2, -0.15) is 36.0 Å². The molecule has 0 radical (unpaired) electrons. The number of tetrazole rings is 1. The van der Waals surface area contributed by atoms with E-state index < -0.39 is 0 Å². The van der Waals surface area contributed by atoms with Crippen LogP contribution in [0.4, 0.5) is 0 Å². The van der Waals surface area contributed by atoms with Crippen molar-refractivity contribution in [3.8, 4) is 85.4 Å². The first-order valence-corrected chi connectivity index (χ1v) is 34.3. The molecule has 0 spiro atoms. The lowest BCUT2D eigenvalue weighted by Gasteiger charge is -2.11. The van der Waals surface area contributed by atoms with Gasteiger partial charge in [-0.05, 0) is 139 Å². The van der Waals surface area contributed by atoms with Gasteiger partial charge < -0.3 is 5.43 Å². The number of halogens is 8. The van der Waals surface area contributed by atoms with Crippen LogP contribution >= 0.6 is 92.8 Å². The van der Waals surface area contributed by atoms with Crippen LogP contribution in [-0.4, -0.2) is 84.5 Å². The molecule has 0 aliphatic carbocycles. The molecule has 15 rings (SSSR count). The molecule has 8 aromatic carbocycles. The second kappa shape index (κ2) is 33.1. The van der Waals surface area contributed by atoms with Crippen molar-refractivity contribution in [3.05, 3.63) is 272 Å². The summed E-state index contributed by atoms with van der Waals surface area (Å²) in [5, 5.41) is 58.4. The first kappa shape index (κ1) is 75.8. The third kappa shape index (κ3) is 16.5. The minimum Gasteiger partial charge on any atom is -0.302 e. The summed E-state index contributed by atoms with van der Waals surface area (Å²) in [5.74, 6) is 1.15. The molecule has 0 atom stereocenters. The van der Waals surface area contributed by atoms with Crippen LogP contribution in [0.1, 0.15) is 76.4 Å². The standard InChI is InChI=1S/C19H15Cl2N5.C19H17Cl2N5.C18H14Cl2N6.C18H13Cl2N3.2CH4/c1-11-3-5-13(6-4-11)19-12(2)18(16-10-22-25-23-16)24-26(19)17-8-7-14(20)9-15(17)21;1-11-3-5-13(6-4-11)18-12(2)17(19-22-10-23-24-19)25-26(18)16-8-7-14(20)9-15(16)21;1-10-3-5-12(6-4-10)17-11(2)16(18-21-24-25-22-18)23-26(17)15-8-7-13(19)9-14(15)20;1-11-3-5-13(6-4-11)18-12(2)16(10-21)22-23(18)17-8-7-14(19)9-15(17)20;;/h3-9H,10H2,1-2H3;3-9,23H,10H2,1-2H3,(H,22,24);3-9H,1-2H3,(H,21,22,24,25);3-9H,1-2H3;2*1H4. The van der Waals surface area contributed by atoms with Crippen LogP contribution in [0.2, 0.25) is 40.2 Å². The molecule has 5 aromatic heterocycles. The summed E-state index contributed by atoms with van der Waals surface area (Å²) in [5.41, 5.74) is 28.6. The number of hydrazine groups is 1. The first-order valence-electron chi connectivity index (χ1n) is 31.2. The van der Waals surface area contributed by atoms with Crippen LogP contribution in [0, 0.1) is 66.7 Å². The number of nitrogens with zero attached hydrogens (tertiary/aromatic N) is 16. The Labute approximate surface area is 636 Å². The quantitative estimate of drug-likeness (QED) is 0.111. The molecule has 103 heavy (non-hydrogen) atoms. The monoisotopic (exact) mass is 1530 g/mol. The van der Waals surface area contributed by atoms with E-state index in [9.17, 15) is 5.26 Å². The highest BCUT2D eigenvalue weighted by molar-refractivity contribution is 6.37. The van der Waals surface area contributed by atoms with Crippen molar-refractivity contribution in [2.75, 3.05) is 13.2 Å². The van der Waals surface area contributed by atoms with Gasteiger partial charge in [0, 0.05) is 64.6 Å². The minimum atomic E-state index is 0. The molecular formula is C76H67Cl8N19. The Kier molecular flexibility index (Phi) is 24.4. The maximum atomic E-state index is 9.33. The minimum absolute atomic E-state index is 0. The molecule has 0 fully saturated rings. The average molecular weight is 1530 g/mol. The van der Waals surface area contributed by atoms with Gasteiger partial charge in [0.25, 0.3) is 0 Å². The molecule has 13 aromatic rings. The lowest BCUT2D eigenvalue weighted by atomic mass is 10.0. The first-order chi connectivity index (χ1) is 48.6. The fourth-order valence-corrected chi connectivity index (χ4v) is 13.3. The average Bonchev–Trinajstić information content (AvgIpc) is 1.65.